The summed E-state index contributed by atoms with van der Waals surface area (Å²) >= 11 is 6.33. The molecule has 6 heteroatoms. The van der Waals surface area contributed by atoms with Gasteiger partial charge in [0.1, 0.15) is 0 Å². The first-order chi connectivity index (χ1) is 13.1. The van der Waals surface area contributed by atoms with Gasteiger partial charge in [0.05, 0.1) is 16.6 Å². The van der Waals surface area contributed by atoms with Crippen LogP contribution in [0.4, 0.5) is 5.69 Å². The Morgan fingerprint density at radius 3 is 2.78 bits per heavy atom. The number of amides is 1. The standard InChI is InChI=1S/C21H20ClN3O2/c22-18-11-16-14(6-9-24-20(16)26)10-19(18)25-21(27)17-12-23-8-7-15(17)13-4-2-1-3-5-13/h1-6,9-11,15,17,23H,7-8,12H2,(H,24,26)(H,25,27). The van der Waals surface area contributed by atoms with E-state index in [1.54, 1.807) is 24.4 Å². The summed E-state index contributed by atoms with van der Waals surface area (Å²) in [6, 6.07) is 15.3. The van der Waals surface area contributed by atoms with Crippen LogP contribution in [0.3, 0.4) is 0 Å². The highest BCUT2D eigenvalue weighted by molar-refractivity contribution is 6.34. The fraction of sp³-hybridized carbons (Fsp3) is 0.238. The SMILES string of the molecule is O=C(Nc1cc2cc[nH]c(=O)c2cc1Cl)C1CNCCC1c1ccccc1. The van der Waals surface area contributed by atoms with Gasteiger partial charge in [-0.2, -0.15) is 0 Å². The number of halogens is 1. The smallest absolute Gasteiger partial charge is 0.255 e. The Balaban J connectivity index is 1.62. The molecule has 27 heavy (non-hydrogen) atoms. The van der Waals surface area contributed by atoms with Crippen molar-refractivity contribution in [3.8, 4) is 0 Å². The molecule has 0 aliphatic carbocycles. The van der Waals surface area contributed by atoms with Gasteiger partial charge in [0.2, 0.25) is 5.91 Å². The Morgan fingerprint density at radius 2 is 1.96 bits per heavy atom. The molecule has 1 amide bonds. The summed E-state index contributed by atoms with van der Waals surface area (Å²) < 4.78 is 0. The van der Waals surface area contributed by atoms with E-state index < -0.39 is 0 Å². The number of nitrogens with one attached hydrogen (secondary N) is 3. The molecule has 5 nitrogen and oxygen atoms in total. The number of piperidine rings is 1. The van der Waals surface area contributed by atoms with E-state index in [4.69, 9.17) is 11.6 Å². The Hall–Kier alpha value is -2.63. The lowest BCUT2D eigenvalue weighted by Crippen LogP contribution is -2.42. The first-order valence-electron chi connectivity index (χ1n) is 9.01. The third-order valence-corrected chi connectivity index (χ3v) is 5.48. The fourth-order valence-corrected chi connectivity index (χ4v) is 3.97. The molecule has 0 spiro atoms. The van der Waals surface area contributed by atoms with E-state index >= 15 is 0 Å². The summed E-state index contributed by atoms with van der Waals surface area (Å²) in [6.07, 6.45) is 2.49. The van der Waals surface area contributed by atoms with Gasteiger partial charge < -0.3 is 15.6 Å². The van der Waals surface area contributed by atoms with E-state index in [-0.39, 0.29) is 23.3 Å². The fourth-order valence-electron chi connectivity index (χ4n) is 3.76. The number of carbonyl (C=O) groups is 1. The van der Waals surface area contributed by atoms with Crippen molar-refractivity contribution in [3.05, 3.63) is 75.7 Å². The topological polar surface area (TPSA) is 74.0 Å². The predicted molar refractivity (Wildman–Crippen MR) is 108 cm³/mol. The lowest BCUT2D eigenvalue weighted by atomic mass is 9.80. The van der Waals surface area contributed by atoms with Gasteiger partial charge >= 0.3 is 0 Å². The molecule has 3 N–H and O–H groups in total. The number of pyridine rings is 1. The molecule has 0 saturated carbocycles. The largest absolute Gasteiger partial charge is 0.329 e. The van der Waals surface area contributed by atoms with Gasteiger partial charge in [0.15, 0.2) is 0 Å². The molecular formula is C21H20ClN3O2. The number of H-pyrrole nitrogens is 1. The highest BCUT2D eigenvalue weighted by Gasteiger charge is 2.32. The summed E-state index contributed by atoms with van der Waals surface area (Å²) in [5.74, 6) is -0.0937. The normalized spacial score (nSPS) is 19.7. The molecule has 138 valence electrons. The first-order valence-corrected chi connectivity index (χ1v) is 9.39. The van der Waals surface area contributed by atoms with E-state index in [1.165, 1.54) is 5.56 Å². The average Bonchev–Trinajstić information content (AvgIpc) is 2.70. The van der Waals surface area contributed by atoms with Gasteiger partial charge in [0, 0.05) is 18.1 Å². The van der Waals surface area contributed by atoms with Crippen LogP contribution in [-0.2, 0) is 4.79 Å². The van der Waals surface area contributed by atoms with E-state index in [9.17, 15) is 9.59 Å². The molecule has 0 bridgehead atoms. The minimum Gasteiger partial charge on any atom is -0.329 e. The number of rotatable bonds is 3. The number of fused-ring (bicyclic) bond motifs is 1. The summed E-state index contributed by atoms with van der Waals surface area (Å²) in [6.45, 7) is 1.51. The van der Waals surface area contributed by atoms with Crippen molar-refractivity contribution < 1.29 is 4.79 Å². The molecule has 0 radical (unpaired) electrons. The van der Waals surface area contributed by atoms with E-state index in [1.807, 2.05) is 18.2 Å². The van der Waals surface area contributed by atoms with Crippen molar-refractivity contribution in [1.29, 1.82) is 0 Å². The number of aromatic amines is 1. The predicted octanol–water partition coefficient (Wildman–Crippen LogP) is 3.51. The first kappa shape index (κ1) is 17.8. The molecule has 2 aromatic carbocycles. The monoisotopic (exact) mass is 381 g/mol. The van der Waals surface area contributed by atoms with Crippen LogP contribution in [0, 0.1) is 5.92 Å². The minimum atomic E-state index is -0.201. The van der Waals surface area contributed by atoms with Gasteiger partial charge in [-0.3, -0.25) is 9.59 Å². The van der Waals surface area contributed by atoms with Crippen molar-refractivity contribution in [1.82, 2.24) is 10.3 Å². The van der Waals surface area contributed by atoms with Crippen LogP contribution in [0.25, 0.3) is 10.8 Å². The summed E-state index contributed by atoms with van der Waals surface area (Å²) in [4.78, 5) is 27.6. The maximum atomic E-state index is 13.0. The Bertz CT molecular complexity index is 1030. The Morgan fingerprint density at radius 1 is 1.15 bits per heavy atom. The molecule has 2 heterocycles. The molecule has 4 rings (SSSR count). The lowest BCUT2D eigenvalue weighted by molar-refractivity contribution is -0.120. The molecule has 2 unspecified atom stereocenters. The summed E-state index contributed by atoms with van der Waals surface area (Å²) in [5.41, 5.74) is 1.50. The number of hydrogen-bond acceptors (Lipinski definition) is 3. The van der Waals surface area contributed by atoms with Crippen molar-refractivity contribution in [2.75, 3.05) is 18.4 Å². The summed E-state index contributed by atoms with van der Waals surface area (Å²) in [5, 5.41) is 7.87. The second kappa shape index (κ2) is 7.55. The maximum Gasteiger partial charge on any atom is 0.255 e. The number of hydrogen-bond donors (Lipinski definition) is 3. The second-order valence-corrected chi connectivity index (χ2v) is 7.24. The van der Waals surface area contributed by atoms with Crippen LogP contribution >= 0.6 is 11.6 Å². The van der Waals surface area contributed by atoms with Crippen LogP contribution in [-0.4, -0.2) is 24.0 Å². The zero-order valence-corrected chi connectivity index (χ0v) is 15.4. The minimum absolute atomic E-state index is 0.0675. The van der Waals surface area contributed by atoms with Gasteiger partial charge in [-0.25, -0.2) is 0 Å². The van der Waals surface area contributed by atoms with Crippen LogP contribution < -0.4 is 16.2 Å². The van der Waals surface area contributed by atoms with Crippen molar-refractivity contribution >= 4 is 34.0 Å². The number of anilines is 1. The van der Waals surface area contributed by atoms with Gasteiger partial charge in [-0.15, -0.1) is 0 Å². The molecule has 1 aromatic heterocycles. The van der Waals surface area contributed by atoms with Crippen molar-refractivity contribution in [2.24, 2.45) is 5.92 Å². The molecular weight excluding hydrogens is 362 g/mol. The third kappa shape index (κ3) is 3.61. The van der Waals surface area contributed by atoms with Crippen LogP contribution in [0.2, 0.25) is 5.02 Å². The molecule has 1 aliphatic rings. The number of benzene rings is 2. The van der Waals surface area contributed by atoms with Crippen molar-refractivity contribution in [2.45, 2.75) is 12.3 Å². The molecule has 2 atom stereocenters. The molecule has 3 aromatic rings. The Kier molecular flexibility index (Phi) is 4.97. The third-order valence-electron chi connectivity index (χ3n) is 5.17. The quantitative estimate of drug-likeness (QED) is 0.650. The van der Waals surface area contributed by atoms with Gasteiger partial charge in [0.25, 0.3) is 5.56 Å². The molecule has 1 fully saturated rings. The van der Waals surface area contributed by atoms with Crippen LogP contribution in [0.5, 0.6) is 0 Å². The van der Waals surface area contributed by atoms with Gasteiger partial charge in [-0.05, 0) is 48.0 Å². The maximum absolute atomic E-state index is 13.0. The van der Waals surface area contributed by atoms with E-state index in [2.05, 4.69) is 27.8 Å². The zero-order valence-electron chi connectivity index (χ0n) is 14.7. The average molecular weight is 382 g/mol. The van der Waals surface area contributed by atoms with Crippen LogP contribution in [0.1, 0.15) is 17.9 Å². The highest BCUT2D eigenvalue weighted by atomic mass is 35.5. The number of carbonyl (C=O) groups excluding carboxylic acids is 1. The highest BCUT2D eigenvalue weighted by Crippen LogP contribution is 2.32. The van der Waals surface area contributed by atoms with E-state index in [0.29, 0.717) is 22.6 Å². The van der Waals surface area contributed by atoms with Crippen molar-refractivity contribution in [3.63, 3.8) is 0 Å². The Labute approximate surface area is 161 Å². The second-order valence-electron chi connectivity index (χ2n) is 6.83. The summed E-state index contributed by atoms with van der Waals surface area (Å²) in [7, 11) is 0. The zero-order chi connectivity index (χ0) is 18.8. The lowest BCUT2D eigenvalue weighted by Gasteiger charge is -2.31. The number of aromatic nitrogens is 1. The van der Waals surface area contributed by atoms with Gasteiger partial charge in [-0.1, -0.05) is 41.9 Å². The molecule has 1 saturated heterocycles. The van der Waals surface area contributed by atoms with E-state index in [0.717, 1.165) is 18.4 Å². The molecule has 1 aliphatic heterocycles. The van der Waals surface area contributed by atoms with Crippen LogP contribution in [0.15, 0.2) is 59.5 Å².